The number of hydrogen-bond donors (Lipinski definition) is 3. The molecule has 21 heavy (non-hydrogen) atoms. The van der Waals surface area contributed by atoms with Gasteiger partial charge in [0.25, 0.3) is 5.91 Å². The van der Waals surface area contributed by atoms with Crippen LogP contribution in [0.25, 0.3) is 0 Å². The van der Waals surface area contributed by atoms with Crippen LogP contribution in [0.3, 0.4) is 0 Å². The van der Waals surface area contributed by atoms with E-state index in [2.05, 4.69) is 16.0 Å². The van der Waals surface area contributed by atoms with E-state index in [0.717, 1.165) is 31.4 Å². The molecule has 0 bridgehead atoms. The summed E-state index contributed by atoms with van der Waals surface area (Å²) in [7, 11) is 1.60. The molecule has 1 unspecified atom stereocenters. The monoisotopic (exact) mass is 289 g/mol. The maximum Gasteiger partial charge on any atom is 0.251 e. The van der Waals surface area contributed by atoms with Crippen molar-refractivity contribution in [2.45, 2.75) is 38.6 Å². The summed E-state index contributed by atoms with van der Waals surface area (Å²) in [6.07, 6.45) is 2.62. The van der Waals surface area contributed by atoms with Crippen molar-refractivity contribution in [3.05, 3.63) is 29.3 Å². The number of carbonyl (C=O) groups is 2. The molecule has 5 nitrogen and oxygen atoms in total. The Labute approximate surface area is 125 Å². The van der Waals surface area contributed by atoms with Crippen LogP contribution in [0.5, 0.6) is 0 Å². The molecule has 1 fully saturated rings. The SMILES string of the molecule is CCC1(C(=O)Nc2cccc(C(=O)NC)c2C)CCCN1. The first-order valence-electron chi connectivity index (χ1n) is 7.42. The summed E-state index contributed by atoms with van der Waals surface area (Å²) < 4.78 is 0. The average molecular weight is 289 g/mol. The summed E-state index contributed by atoms with van der Waals surface area (Å²) in [5.41, 5.74) is 1.59. The van der Waals surface area contributed by atoms with Crippen molar-refractivity contribution in [1.82, 2.24) is 10.6 Å². The van der Waals surface area contributed by atoms with Gasteiger partial charge >= 0.3 is 0 Å². The molecule has 0 radical (unpaired) electrons. The largest absolute Gasteiger partial charge is 0.355 e. The van der Waals surface area contributed by atoms with Gasteiger partial charge in [-0.25, -0.2) is 0 Å². The Bertz CT molecular complexity index is 548. The van der Waals surface area contributed by atoms with Crippen molar-refractivity contribution in [2.75, 3.05) is 18.9 Å². The standard InChI is InChI=1S/C16H23N3O2/c1-4-16(9-6-10-18-16)15(21)19-13-8-5-7-12(11(13)2)14(20)17-3/h5,7-8,18H,4,6,9-10H2,1-3H3,(H,17,20)(H,19,21). The highest BCUT2D eigenvalue weighted by Crippen LogP contribution is 2.26. The van der Waals surface area contributed by atoms with E-state index in [0.29, 0.717) is 11.3 Å². The van der Waals surface area contributed by atoms with E-state index in [-0.39, 0.29) is 11.8 Å². The Morgan fingerprint density at radius 2 is 2.14 bits per heavy atom. The smallest absolute Gasteiger partial charge is 0.251 e. The van der Waals surface area contributed by atoms with Crippen LogP contribution < -0.4 is 16.0 Å². The summed E-state index contributed by atoms with van der Waals surface area (Å²) in [6, 6.07) is 5.37. The summed E-state index contributed by atoms with van der Waals surface area (Å²) in [4.78, 5) is 24.4. The molecule has 0 saturated carbocycles. The van der Waals surface area contributed by atoms with Gasteiger partial charge in [-0.2, -0.15) is 0 Å². The fraction of sp³-hybridized carbons (Fsp3) is 0.500. The minimum atomic E-state index is -0.477. The van der Waals surface area contributed by atoms with Crippen LogP contribution in [0.4, 0.5) is 5.69 Å². The summed E-state index contributed by atoms with van der Waals surface area (Å²) >= 11 is 0. The van der Waals surface area contributed by atoms with Crippen molar-refractivity contribution >= 4 is 17.5 Å². The fourth-order valence-electron chi connectivity index (χ4n) is 2.86. The van der Waals surface area contributed by atoms with Gasteiger partial charge in [0.2, 0.25) is 5.91 Å². The molecule has 1 saturated heterocycles. The van der Waals surface area contributed by atoms with Gasteiger partial charge in [0.1, 0.15) is 0 Å². The van der Waals surface area contributed by atoms with Gasteiger partial charge in [0.15, 0.2) is 0 Å². The van der Waals surface area contributed by atoms with Crippen molar-refractivity contribution in [3.8, 4) is 0 Å². The van der Waals surface area contributed by atoms with Gasteiger partial charge in [-0.3, -0.25) is 9.59 Å². The first kappa shape index (κ1) is 15.5. The van der Waals surface area contributed by atoms with Crippen LogP contribution in [-0.2, 0) is 4.79 Å². The Morgan fingerprint density at radius 3 is 2.71 bits per heavy atom. The lowest BCUT2D eigenvalue weighted by Crippen LogP contribution is -2.50. The number of hydrogen-bond acceptors (Lipinski definition) is 3. The number of carbonyl (C=O) groups excluding carboxylic acids is 2. The Morgan fingerprint density at radius 1 is 1.38 bits per heavy atom. The van der Waals surface area contributed by atoms with E-state index >= 15 is 0 Å². The molecule has 2 rings (SSSR count). The average Bonchev–Trinajstić information content (AvgIpc) is 2.98. The number of anilines is 1. The molecule has 0 spiro atoms. The third-order valence-corrected chi connectivity index (χ3v) is 4.34. The molecule has 1 aliphatic heterocycles. The molecule has 1 aliphatic rings. The highest BCUT2D eigenvalue weighted by atomic mass is 16.2. The number of nitrogens with one attached hydrogen (secondary N) is 3. The molecular weight excluding hydrogens is 266 g/mol. The topological polar surface area (TPSA) is 70.2 Å². The lowest BCUT2D eigenvalue weighted by Gasteiger charge is -2.27. The van der Waals surface area contributed by atoms with E-state index in [1.54, 1.807) is 19.2 Å². The zero-order valence-corrected chi connectivity index (χ0v) is 12.9. The molecule has 2 amide bonds. The molecule has 1 atom stereocenters. The lowest BCUT2D eigenvalue weighted by atomic mass is 9.92. The normalized spacial score (nSPS) is 21.1. The van der Waals surface area contributed by atoms with Crippen molar-refractivity contribution < 1.29 is 9.59 Å². The first-order chi connectivity index (χ1) is 10.0. The maximum absolute atomic E-state index is 12.6. The minimum Gasteiger partial charge on any atom is -0.355 e. The summed E-state index contributed by atoms with van der Waals surface area (Å²) in [5.74, 6) is -0.160. The van der Waals surface area contributed by atoms with Gasteiger partial charge < -0.3 is 16.0 Å². The number of rotatable bonds is 4. The highest BCUT2D eigenvalue weighted by Gasteiger charge is 2.39. The van der Waals surface area contributed by atoms with Gasteiger partial charge in [-0.05, 0) is 50.4 Å². The van der Waals surface area contributed by atoms with Crippen LogP contribution >= 0.6 is 0 Å². The number of amides is 2. The fourth-order valence-corrected chi connectivity index (χ4v) is 2.86. The third kappa shape index (κ3) is 2.93. The van der Waals surface area contributed by atoms with E-state index in [1.807, 2.05) is 19.9 Å². The highest BCUT2D eigenvalue weighted by molar-refractivity contribution is 6.02. The second kappa shape index (κ2) is 6.26. The molecule has 1 aromatic rings. The Hall–Kier alpha value is -1.88. The van der Waals surface area contributed by atoms with Crippen LogP contribution in [0.15, 0.2) is 18.2 Å². The van der Waals surface area contributed by atoms with Crippen LogP contribution in [-0.4, -0.2) is 30.9 Å². The second-order valence-corrected chi connectivity index (χ2v) is 5.48. The van der Waals surface area contributed by atoms with E-state index in [4.69, 9.17) is 0 Å². The van der Waals surface area contributed by atoms with Gasteiger partial charge in [0, 0.05) is 18.3 Å². The minimum absolute atomic E-state index is 0.0142. The second-order valence-electron chi connectivity index (χ2n) is 5.48. The van der Waals surface area contributed by atoms with Gasteiger partial charge in [0.05, 0.1) is 5.54 Å². The zero-order chi connectivity index (χ0) is 15.5. The molecule has 3 N–H and O–H groups in total. The van der Waals surface area contributed by atoms with E-state index in [1.165, 1.54) is 0 Å². The predicted molar refractivity (Wildman–Crippen MR) is 83.5 cm³/mol. The molecule has 1 aromatic carbocycles. The van der Waals surface area contributed by atoms with E-state index < -0.39 is 5.54 Å². The molecule has 1 heterocycles. The quantitative estimate of drug-likeness (QED) is 0.792. The predicted octanol–water partition coefficient (Wildman–Crippen LogP) is 1.83. The van der Waals surface area contributed by atoms with Gasteiger partial charge in [-0.1, -0.05) is 13.0 Å². The lowest BCUT2D eigenvalue weighted by molar-refractivity contribution is -0.122. The third-order valence-electron chi connectivity index (χ3n) is 4.34. The van der Waals surface area contributed by atoms with Crippen molar-refractivity contribution in [2.24, 2.45) is 0 Å². The zero-order valence-electron chi connectivity index (χ0n) is 12.9. The summed E-state index contributed by atoms with van der Waals surface area (Å²) in [6.45, 7) is 4.74. The van der Waals surface area contributed by atoms with Crippen molar-refractivity contribution in [3.63, 3.8) is 0 Å². The van der Waals surface area contributed by atoms with Gasteiger partial charge in [-0.15, -0.1) is 0 Å². The molecular formula is C16H23N3O2. The summed E-state index contributed by atoms with van der Waals surface area (Å²) in [5, 5.41) is 8.91. The molecule has 5 heteroatoms. The first-order valence-corrected chi connectivity index (χ1v) is 7.42. The molecule has 0 aliphatic carbocycles. The number of benzene rings is 1. The Kier molecular flexibility index (Phi) is 4.63. The van der Waals surface area contributed by atoms with E-state index in [9.17, 15) is 9.59 Å². The maximum atomic E-state index is 12.6. The molecule has 0 aromatic heterocycles. The van der Waals surface area contributed by atoms with Crippen LogP contribution in [0.1, 0.15) is 42.1 Å². The Balaban J connectivity index is 2.23. The van der Waals surface area contributed by atoms with Crippen LogP contribution in [0, 0.1) is 6.92 Å². The van der Waals surface area contributed by atoms with Crippen molar-refractivity contribution in [1.29, 1.82) is 0 Å². The molecule has 114 valence electrons. The van der Waals surface area contributed by atoms with Crippen LogP contribution in [0.2, 0.25) is 0 Å².